The van der Waals surface area contributed by atoms with Gasteiger partial charge in [0.05, 0.1) is 0 Å². The van der Waals surface area contributed by atoms with Crippen LogP contribution in [0.4, 0.5) is 26.3 Å². The third-order valence-electron chi connectivity index (χ3n) is 5.00. The van der Waals surface area contributed by atoms with Crippen LogP contribution in [0.2, 0.25) is 0 Å². The molecule has 3 aromatic carbocycles. The lowest BCUT2D eigenvalue weighted by Gasteiger charge is -2.40. The Hall–Kier alpha value is -3.29. The summed E-state index contributed by atoms with van der Waals surface area (Å²) >= 11 is 0. The number of alkyl halides is 5. The van der Waals surface area contributed by atoms with E-state index in [2.05, 4.69) is 11.3 Å². The van der Waals surface area contributed by atoms with Gasteiger partial charge >= 0.3 is 27.5 Å². The molecule has 0 saturated carbocycles. The van der Waals surface area contributed by atoms with Gasteiger partial charge < -0.3 is 4.74 Å². The van der Waals surface area contributed by atoms with Gasteiger partial charge in [-0.05, 0) is 65.8 Å². The maximum atomic E-state index is 15.3. The van der Waals surface area contributed by atoms with E-state index in [0.717, 1.165) is 31.2 Å². The highest BCUT2D eigenvalue weighted by Crippen LogP contribution is 2.70. The molecule has 0 spiro atoms. The molecule has 3 rings (SSSR count). The molecule has 0 radical (unpaired) electrons. The molecule has 3 aromatic rings. The first kappa shape index (κ1) is 29.3. The van der Waals surface area contributed by atoms with E-state index in [1.165, 1.54) is 60.7 Å². The Morgan fingerprint density at radius 1 is 0.789 bits per heavy atom. The van der Waals surface area contributed by atoms with Gasteiger partial charge in [-0.3, -0.25) is 0 Å². The number of benzene rings is 3. The Labute approximate surface area is 216 Å². The molecule has 0 bridgehead atoms. The highest BCUT2D eigenvalue weighted by molar-refractivity contribution is 8.33. The third-order valence-corrected chi connectivity index (χ3v) is 10.2. The molecule has 1 atom stereocenters. The van der Waals surface area contributed by atoms with Crippen LogP contribution in [0.15, 0.2) is 112 Å². The molecule has 0 aliphatic rings. The molecule has 1 unspecified atom stereocenters. The summed E-state index contributed by atoms with van der Waals surface area (Å²) in [4.78, 5) is 11.6. The van der Waals surface area contributed by atoms with E-state index >= 15 is 8.78 Å². The molecule has 0 aliphatic carbocycles. The summed E-state index contributed by atoms with van der Waals surface area (Å²) in [6.07, 6.45) is -10.4. The molecule has 0 fully saturated rings. The Kier molecular flexibility index (Phi) is 8.34. The zero-order valence-corrected chi connectivity index (χ0v) is 21.1. The van der Waals surface area contributed by atoms with Crippen molar-refractivity contribution in [2.24, 2.45) is 0 Å². The minimum atomic E-state index is -6.54. The number of halogens is 6. The number of hydrogen-bond acceptors (Lipinski definition) is 5. The standard InChI is InChI=1S/C25H20F6O5S2/c1-17(2)22(32)35-23(24(27,28)29)25(30,31)38(33,34)36-37(19-9-5-3-6-10-19,20-11-7-4-8-12-20)21-15-13-18(26)14-16-21/h3-16,23H,1H2,2H3. The van der Waals surface area contributed by atoms with Crippen molar-refractivity contribution >= 4 is 26.4 Å². The molecule has 38 heavy (non-hydrogen) atoms. The van der Waals surface area contributed by atoms with Crippen LogP contribution in [0.25, 0.3) is 0 Å². The second-order valence-electron chi connectivity index (χ2n) is 7.83. The molecule has 0 aliphatic heterocycles. The van der Waals surface area contributed by atoms with Gasteiger partial charge in [0.1, 0.15) is 5.82 Å². The van der Waals surface area contributed by atoms with Crippen LogP contribution in [-0.4, -0.2) is 31.9 Å². The first-order valence-corrected chi connectivity index (χ1v) is 13.6. The number of esters is 1. The first-order chi connectivity index (χ1) is 17.6. The minimum Gasteiger partial charge on any atom is -0.441 e. The lowest BCUT2D eigenvalue weighted by atomic mass is 10.3. The number of carbonyl (C=O) groups is 1. The minimum absolute atomic E-state index is 0.000303. The van der Waals surface area contributed by atoms with Gasteiger partial charge in [0.15, 0.2) is 0 Å². The smallest absolute Gasteiger partial charge is 0.432 e. The van der Waals surface area contributed by atoms with E-state index in [-0.39, 0.29) is 14.7 Å². The monoisotopic (exact) mass is 578 g/mol. The van der Waals surface area contributed by atoms with Crippen molar-refractivity contribution in [3.8, 4) is 0 Å². The summed E-state index contributed by atoms with van der Waals surface area (Å²) in [5, 5.41) is -5.81. The van der Waals surface area contributed by atoms with Gasteiger partial charge in [0, 0.05) is 20.3 Å². The first-order valence-electron chi connectivity index (χ1n) is 10.6. The average Bonchev–Trinajstić information content (AvgIpc) is 2.86. The van der Waals surface area contributed by atoms with Crippen molar-refractivity contribution in [3.05, 3.63) is 103 Å². The summed E-state index contributed by atoms with van der Waals surface area (Å²) in [7, 11) is -10.3. The molecular weight excluding hydrogens is 558 g/mol. The predicted octanol–water partition coefficient (Wildman–Crippen LogP) is 7.01. The van der Waals surface area contributed by atoms with E-state index in [1.807, 2.05) is 0 Å². The summed E-state index contributed by atoms with van der Waals surface area (Å²) in [5.74, 6) is -2.63. The topological polar surface area (TPSA) is 69.7 Å². The summed E-state index contributed by atoms with van der Waals surface area (Å²) in [6, 6.07) is 18.2. The van der Waals surface area contributed by atoms with Crippen LogP contribution in [0.3, 0.4) is 0 Å². The largest absolute Gasteiger partial charge is 0.441 e. The average molecular weight is 579 g/mol. The van der Waals surface area contributed by atoms with Gasteiger partial charge in [-0.1, -0.05) is 43.0 Å². The van der Waals surface area contributed by atoms with Crippen molar-refractivity contribution < 1.29 is 47.9 Å². The maximum absolute atomic E-state index is 15.3. The second kappa shape index (κ2) is 10.8. The van der Waals surface area contributed by atoms with Gasteiger partial charge in [-0.25, -0.2) is 12.8 Å². The van der Waals surface area contributed by atoms with E-state index in [0.29, 0.717) is 0 Å². The van der Waals surface area contributed by atoms with Gasteiger partial charge in [0.2, 0.25) is 0 Å². The lowest BCUT2D eigenvalue weighted by Crippen LogP contribution is -2.53. The molecule has 5 nitrogen and oxygen atoms in total. The highest BCUT2D eigenvalue weighted by Gasteiger charge is 2.68. The quantitative estimate of drug-likeness (QED) is 0.155. The zero-order valence-electron chi connectivity index (χ0n) is 19.5. The second-order valence-corrected chi connectivity index (χ2v) is 12.4. The van der Waals surface area contributed by atoms with Gasteiger partial charge in [-0.2, -0.15) is 30.4 Å². The number of hydrogen-bond donors (Lipinski definition) is 0. The van der Waals surface area contributed by atoms with Crippen LogP contribution < -0.4 is 0 Å². The third kappa shape index (κ3) is 5.74. The van der Waals surface area contributed by atoms with Crippen LogP contribution >= 0.6 is 10.3 Å². The fourth-order valence-corrected chi connectivity index (χ4v) is 8.46. The Morgan fingerprint density at radius 3 is 1.61 bits per heavy atom. The molecule has 13 heteroatoms. The van der Waals surface area contributed by atoms with Crippen LogP contribution in [0.5, 0.6) is 0 Å². The summed E-state index contributed by atoms with van der Waals surface area (Å²) < 4.78 is 121. The van der Waals surface area contributed by atoms with E-state index in [1.54, 1.807) is 0 Å². The van der Waals surface area contributed by atoms with Crippen LogP contribution in [0, 0.1) is 5.82 Å². The number of carbonyl (C=O) groups excluding carboxylic acids is 1. The van der Waals surface area contributed by atoms with Crippen molar-refractivity contribution in [2.45, 2.75) is 39.1 Å². The fourth-order valence-electron chi connectivity index (χ4n) is 3.22. The highest BCUT2D eigenvalue weighted by atomic mass is 32.3. The Morgan fingerprint density at radius 2 is 1.21 bits per heavy atom. The van der Waals surface area contributed by atoms with E-state index in [9.17, 15) is 30.8 Å². The summed E-state index contributed by atoms with van der Waals surface area (Å²) in [5.41, 5.74) is -0.673. The SMILES string of the molecule is C=C(C)C(=O)OC(C(F)(F)F)C(F)(F)S(=O)(=O)OS(c1ccccc1)(c1ccccc1)c1ccc(F)cc1. The number of rotatable bonds is 9. The van der Waals surface area contributed by atoms with E-state index in [4.69, 9.17) is 3.63 Å². The molecule has 0 amide bonds. The zero-order chi connectivity index (χ0) is 28.4. The van der Waals surface area contributed by atoms with Crippen molar-refractivity contribution in [3.63, 3.8) is 0 Å². The molecule has 0 N–H and O–H groups in total. The maximum Gasteiger partial charge on any atom is 0.432 e. The van der Waals surface area contributed by atoms with Crippen molar-refractivity contribution in [2.75, 3.05) is 0 Å². The van der Waals surface area contributed by atoms with Gasteiger partial charge in [0.25, 0.3) is 6.10 Å². The van der Waals surface area contributed by atoms with Gasteiger partial charge in [-0.15, -0.1) is 0 Å². The van der Waals surface area contributed by atoms with Crippen LogP contribution in [0.1, 0.15) is 6.92 Å². The van der Waals surface area contributed by atoms with E-state index < -0.39 is 55.3 Å². The Balaban J connectivity index is 2.30. The lowest BCUT2D eigenvalue weighted by molar-refractivity contribution is -0.257. The van der Waals surface area contributed by atoms with Crippen molar-refractivity contribution in [1.29, 1.82) is 0 Å². The number of ether oxygens (including phenoxy) is 1. The normalized spacial score (nSPS) is 14.0. The summed E-state index contributed by atoms with van der Waals surface area (Å²) in [6.45, 7) is 3.92. The molecule has 204 valence electrons. The molecule has 0 heterocycles. The predicted molar refractivity (Wildman–Crippen MR) is 127 cm³/mol. The fraction of sp³-hybridized carbons (Fsp3) is 0.160. The van der Waals surface area contributed by atoms with Crippen molar-refractivity contribution in [1.82, 2.24) is 0 Å². The van der Waals surface area contributed by atoms with Crippen LogP contribution in [-0.2, 0) is 23.3 Å². The molecular formula is C25H20F6O5S2. The molecule has 0 aromatic heterocycles. The molecule has 0 saturated heterocycles. The Bertz CT molecular complexity index is 1350.